The van der Waals surface area contributed by atoms with Crippen molar-refractivity contribution < 1.29 is 14.4 Å². The average Bonchev–Trinajstić information content (AvgIpc) is 2.70. The van der Waals surface area contributed by atoms with Crippen molar-refractivity contribution in [3.63, 3.8) is 0 Å². The molecule has 1 N–H and O–H groups in total. The Morgan fingerprint density at radius 1 is 1.53 bits per heavy atom. The summed E-state index contributed by atoms with van der Waals surface area (Å²) in [4.78, 5) is 15.5. The zero-order valence-corrected chi connectivity index (χ0v) is 10.0. The summed E-state index contributed by atoms with van der Waals surface area (Å²) < 4.78 is 5.12. The fourth-order valence-corrected chi connectivity index (χ4v) is 1.77. The monoisotopic (exact) mass is 234 g/mol. The molecule has 2 rings (SSSR count). The van der Waals surface area contributed by atoms with Gasteiger partial charge in [0.05, 0.1) is 16.6 Å². The van der Waals surface area contributed by atoms with E-state index in [1.54, 1.807) is 6.07 Å². The van der Waals surface area contributed by atoms with Crippen LogP contribution in [-0.2, 0) is 6.42 Å². The molecule has 5 heteroatoms. The number of nitrogens with zero attached hydrogens (tertiary/aromatic N) is 2. The topological polar surface area (TPSA) is 76.2 Å². The summed E-state index contributed by atoms with van der Waals surface area (Å²) in [5.41, 5.74) is 1.87. The van der Waals surface area contributed by atoms with E-state index >= 15 is 0 Å². The molecule has 5 nitrogen and oxygen atoms in total. The molecule has 0 saturated heterocycles. The number of pyridine rings is 1. The number of hydrogen-bond acceptors (Lipinski definition) is 4. The van der Waals surface area contributed by atoms with Gasteiger partial charge < -0.3 is 9.63 Å². The van der Waals surface area contributed by atoms with Gasteiger partial charge in [0, 0.05) is 5.69 Å². The van der Waals surface area contributed by atoms with Gasteiger partial charge in [-0.05, 0) is 18.4 Å². The molecule has 0 aliphatic rings. The van der Waals surface area contributed by atoms with Crippen molar-refractivity contribution >= 4 is 17.1 Å². The minimum atomic E-state index is -0.975. The number of carboxylic acid groups (broad SMARTS) is 1. The predicted molar refractivity (Wildman–Crippen MR) is 62.2 cm³/mol. The molecule has 90 valence electrons. The molecule has 0 spiro atoms. The molecule has 0 saturated carbocycles. The first-order chi connectivity index (χ1) is 8.04. The van der Waals surface area contributed by atoms with Crippen molar-refractivity contribution in [3.8, 4) is 0 Å². The molecule has 0 radical (unpaired) electrons. The molecule has 0 unspecified atom stereocenters. The Labute approximate surface area is 98.4 Å². The summed E-state index contributed by atoms with van der Waals surface area (Å²) in [5, 5.41) is 13.7. The van der Waals surface area contributed by atoms with Crippen LogP contribution < -0.4 is 0 Å². The summed E-state index contributed by atoms with van der Waals surface area (Å²) in [6.45, 7) is 5.80. The van der Waals surface area contributed by atoms with Crippen LogP contribution in [0.3, 0.4) is 0 Å². The zero-order chi connectivity index (χ0) is 12.6. The van der Waals surface area contributed by atoms with Gasteiger partial charge in [0.15, 0.2) is 0 Å². The maximum Gasteiger partial charge on any atom is 0.336 e. The number of carboxylic acids is 1. The third kappa shape index (κ3) is 1.88. The molecule has 0 aromatic carbocycles. The van der Waals surface area contributed by atoms with Gasteiger partial charge in [-0.1, -0.05) is 25.9 Å². The van der Waals surface area contributed by atoms with E-state index in [-0.39, 0.29) is 11.5 Å². The van der Waals surface area contributed by atoms with Crippen LogP contribution in [0.5, 0.6) is 0 Å². The molecule has 17 heavy (non-hydrogen) atoms. The van der Waals surface area contributed by atoms with E-state index in [9.17, 15) is 9.90 Å². The Bertz CT molecular complexity index is 572. The van der Waals surface area contributed by atoms with Crippen LogP contribution in [0, 0.1) is 0 Å². The molecular formula is C12H14N2O3. The maximum absolute atomic E-state index is 11.3. The van der Waals surface area contributed by atoms with Crippen molar-refractivity contribution in [2.24, 2.45) is 0 Å². The number of carbonyl (C=O) groups is 1. The molecule has 0 atom stereocenters. The third-order valence-corrected chi connectivity index (χ3v) is 2.67. The van der Waals surface area contributed by atoms with Gasteiger partial charge in [-0.3, -0.25) is 0 Å². The molecule has 2 aromatic heterocycles. The fourth-order valence-electron chi connectivity index (χ4n) is 1.77. The molecule has 2 aromatic rings. The summed E-state index contributed by atoms with van der Waals surface area (Å²) in [5.74, 6) is -0.874. The van der Waals surface area contributed by atoms with Crippen molar-refractivity contribution in [1.29, 1.82) is 0 Å². The van der Waals surface area contributed by atoms with E-state index < -0.39 is 5.97 Å². The van der Waals surface area contributed by atoms with Gasteiger partial charge in [-0.2, -0.15) is 0 Å². The SMILES string of the molecule is CCc1cc(C(=O)O)c2c(C(C)C)noc2n1. The summed E-state index contributed by atoms with van der Waals surface area (Å²) in [6.07, 6.45) is 0.661. The van der Waals surface area contributed by atoms with E-state index in [1.165, 1.54) is 0 Å². The normalized spacial score (nSPS) is 11.3. The lowest BCUT2D eigenvalue weighted by Gasteiger charge is -2.03. The molecule has 0 aliphatic heterocycles. The number of hydrogen-bond donors (Lipinski definition) is 1. The number of aryl methyl sites for hydroxylation is 1. The fraction of sp³-hybridized carbons (Fsp3) is 0.417. The minimum Gasteiger partial charge on any atom is -0.478 e. The Morgan fingerprint density at radius 2 is 2.24 bits per heavy atom. The lowest BCUT2D eigenvalue weighted by molar-refractivity contribution is 0.0698. The van der Waals surface area contributed by atoms with Crippen molar-refractivity contribution in [2.75, 3.05) is 0 Å². The van der Waals surface area contributed by atoms with Crippen LogP contribution in [0.15, 0.2) is 10.6 Å². The van der Waals surface area contributed by atoms with Crippen LogP contribution >= 0.6 is 0 Å². The van der Waals surface area contributed by atoms with Crippen LogP contribution in [0.25, 0.3) is 11.1 Å². The minimum absolute atomic E-state index is 0.101. The highest BCUT2D eigenvalue weighted by Crippen LogP contribution is 2.27. The average molecular weight is 234 g/mol. The maximum atomic E-state index is 11.3. The summed E-state index contributed by atoms with van der Waals surface area (Å²) >= 11 is 0. The first-order valence-corrected chi connectivity index (χ1v) is 5.57. The van der Waals surface area contributed by atoms with Crippen LogP contribution in [0.4, 0.5) is 0 Å². The van der Waals surface area contributed by atoms with Crippen molar-refractivity contribution in [3.05, 3.63) is 23.0 Å². The Balaban J connectivity index is 2.80. The van der Waals surface area contributed by atoms with E-state index in [0.29, 0.717) is 28.9 Å². The smallest absolute Gasteiger partial charge is 0.336 e. The quantitative estimate of drug-likeness (QED) is 0.883. The number of fused-ring (bicyclic) bond motifs is 1. The highest BCUT2D eigenvalue weighted by atomic mass is 16.5. The van der Waals surface area contributed by atoms with Gasteiger partial charge in [-0.25, -0.2) is 9.78 Å². The number of aromatic nitrogens is 2. The second-order valence-electron chi connectivity index (χ2n) is 4.22. The van der Waals surface area contributed by atoms with Crippen LogP contribution in [0.2, 0.25) is 0 Å². The van der Waals surface area contributed by atoms with E-state index in [1.807, 2.05) is 20.8 Å². The largest absolute Gasteiger partial charge is 0.478 e. The van der Waals surface area contributed by atoms with E-state index in [4.69, 9.17) is 4.52 Å². The zero-order valence-electron chi connectivity index (χ0n) is 10.0. The molecule has 0 fully saturated rings. The summed E-state index contributed by atoms with van der Waals surface area (Å²) in [6, 6.07) is 1.59. The van der Waals surface area contributed by atoms with Gasteiger partial charge >= 0.3 is 5.97 Å². The van der Waals surface area contributed by atoms with Gasteiger partial charge in [0.25, 0.3) is 5.71 Å². The Kier molecular flexibility index (Phi) is 2.83. The predicted octanol–water partition coefficient (Wildman–Crippen LogP) is 2.61. The third-order valence-electron chi connectivity index (χ3n) is 2.67. The Morgan fingerprint density at radius 3 is 2.76 bits per heavy atom. The van der Waals surface area contributed by atoms with Gasteiger partial charge in [0.2, 0.25) is 0 Å². The number of aromatic carboxylic acids is 1. The Hall–Kier alpha value is -1.91. The molecule has 2 heterocycles. The summed E-state index contributed by atoms with van der Waals surface area (Å²) in [7, 11) is 0. The molecule has 0 bridgehead atoms. The first kappa shape index (κ1) is 11.6. The highest BCUT2D eigenvalue weighted by molar-refractivity contribution is 6.02. The van der Waals surface area contributed by atoms with Crippen LogP contribution in [0.1, 0.15) is 48.4 Å². The van der Waals surface area contributed by atoms with Crippen molar-refractivity contribution in [2.45, 2.75) is 33.1 Å². The standard InChI is InChI=1S/C12H14N2O3/c1-4-7-5-8(12(15)16)9-10(6(2)3)14-17-11(9)13-7/h5-6H,4H2,1-3H3,(H,15,16). The molecular weight excluding hydrogens is 220 g/mol. The lowest BCUT2D eigenvalue weighted by Crippen LogP contribution is -2.02. The van der Waals surface area contributed by atoms with E-state index in [2.05, 4.69) is 10.1 Å². The number of rotatable bonds is 3. The van der Waals surface area contributed by atoms with Crippen molar-refractivity contribution in [1.82, 2.24) is 10.1 Å². The first-order valence-electron chi connectivity index (χ1n) is 5.57. The van der Waals surface area contributed by atoms with Crippen LogP contribution in [-0.4, -0.2) is 21.2 Å². The van der Waals surface area contributed by atoms with Gasteiger partial charge in [-0.15, -0.1) is 0 Å². The molecule has 0 amide bonds. The van der Waals surface area contributed by atoms with Gasteiger partial charge in [0.1, 0.15) is 0 Å². The highest BCUT2D eigenvalue weighted by Gasteiger charge is 2.21. The van der Waals surface area contributed by atoms with E-state index in [0.717, 1.165) is 0 Å². The molecule has 0 aliphatic carbocycles. The lowest BCUT2D eigenvalue weighted by atomic mass is 10.0. The second-order valence-corrected chi connectivity index (χ2v) is 4.22. The second kappa shape index (κ2) is 4.16.